The van der Waals surface area contributed by atoms with Crippen LogP contribution >= 0.6 is 0 Å². The molecule has 0 radical (unpaired) electrons. The van der Waals surface area contributed by atoms with Gasteiger partial charge in [-0.1, -0.05) is 42.8 Å². The van der Waals surface area contributed by atoms with Crippen molar-refractivity contribution in [3.05, 3.63) is 80.7 Å². The molecular formula is C25H28N2O3. The lowest BCUT2D eigenvalue weighted by molar-refractivity contribution is 0.0722. The van der Waals surface area contributed by atoms with Crippen LogP contribution in [0, 0.1) is 6.92 Å². The number of rotatable bonds is 6. The van der Waals surface area contributed by atoms with E-state index in [2.05, 4.69) is 24.0 Å². The van der Waals surface area contributed by atoms with Crippen LogP contribution in [0.15, 0.2) is 51.7 Å². The number of fused-ring (bicyclic) bond motifs is 2. The van der Waals surface area contributed by atoms with Gasteiger partial charge in [0.1, 0.15) is 5.58 Å². The first kappa shape index (κ1) is 20.4. The highest BCUT2D eigenvalue weighted by Gasteiger charge is 2.42. The van der Waals surface area contributed by atoms with Crippen LogP contribution < -0.4 is 5.43 Å². The third kappa shape index (κ3) is 3.54. The Kier molecular flexibility index (Phi) is 5.48. The molecule has 0 aliphatic carbocycles. The number of hydrogen-bond donors (Lipinski definition) is 0. The first-order chi connectivity index (χ1) is 14.4. The van der Waals surface area contributed by atoms with E-state index in [1.54, 1.807) is 11.0 Å². The lowest BCUT2D eigenvalue weighted by Crippen LogP contribution is -2.32. The van der Waals surface area contributed by atoms with Gasteiger partial charge in [0, 0.05) is 6.54 Å². The molecule has 5 heteroatoms. The van der Waals surface area contributed by atoms with Crippen molar-refractivity contribution in [2.75, 3.05) is 27.2 Å². The Balaban J connectivity index is 1.86. The van der Waals surface area contributed by atoms with Crippen molar-refractivity contribution < 1.29 is 9.21 Å². The summed E-state index contributed by atoms with van der Waals surface area (Å²) in [5.74, 6) is -0.0151. The van der Waals surface area contributed by atoms with Gasteiger partial charge in [0.25, 0.3) is 5.91 Å². The molecule has 1 atom stereocenters. The second kappa shape index (κ2) is 8.07. The summed E-state index contributed by atoms with van der Waals surface area (Å²) in [5.41, 5.74) is 3.99. The minimum absolute atomic E-state index is 0.108. The van der Waals surface area contributed by atoms with E-state index in [0.29, 0.717) is 23.1 Å². The summed E-state index contributed by atoms with van der Waals surface area (Å²) in [6.07, 6.45) is 1.77. The van der Waals surface area contributed by atoms with Gasteiger partial charge in [0.15, 0.2) is 5.43 Å². The molecule has 0 N–H and O–H groups in total. The largest absolute Gasteiger partial charge is 0.450 e. The molecule has 30 heavy (non-hydrogen) atoms. The maximum atomic E-state index is 13.5. The van der Waals surface area contributed by atoms with Crippen molar-refractivity contribution in [1.29, 1.82) is 0 Å². The second-order valence-corrected chi connectivity index (χ2v) is 8.33. The highest BCUT2D eigenvalue weighted by molar-refractivity contribution is 5.99. The minimum Gasteiger partial charge on any atom is -0.450 e. The molecule has 0 saturated heterocycles. The number of carbonyl (C=O) groups excluding carboxylic acids is 1. The first-order valence-electron chi connectivity index (χ1n) is 10.5. The number of nitrogens with zero attached hydrogens (tertiary/aromatic N) is 2. The lowest BCUT2D eigenvalue weighted by atomic mass is 9.97. The average Bonchev–Trinajstić information content (AvgIpc) is 3.01. The fourth-order valence-corrected chi connectivity index (χ4v) is 4.20. The fourth-order valence-electron chi connectivity index (χ4n) is 4.20. The van der Waals surface area contributed by atoms with Crippen LogP contribution in [-0.2, 0) is 6.42 Å². The highest BCUT2D eigenvalue weighted by Crippen LogP contribution is 2.38. The molecule has 0 spiro atoms. The molecule has 0 saturated carbocycles. The van der Waals surface area contributed by atoms with Gasteiger partial charge in [-0.05, 0) is 63.7 Å². The van der Waals surface area contributed by atoms with Gasteiger partial charge >= 0.3 is 0 Å². The van der Waals surface area contributed by atoms with Gasteiger partial charge < -0.3 is 14.2 Å². The standard InChI is InChI=1S/C25H28N2O3/c1-5-17-8-10-18(11-9-17)22-21-23(28)19-15-16(2)7-12-20(19)30-24(21)25(29)27(22)14-6-13-26(3)4/h7-12,15,22H,5-6,13-14H2,1-4H3/t22-/m0/s1. The van der Waals surface area contributed by atoms with Crippen molar-refractivity contribution in [2.45, 2.75) is 32.7 Å². The van der Waals surface area contributed by atoms with Gasteiger partial charge in [-0.3, -0.25) is 9.59 Å². The zero-order chi connectivity index (χ0) is 21.4. The topological polar surface area (TPSA) is 53.8 Å². The Labute approximate surface area is 176 Å². The summed E-state index contributed by atoms with van der Waals surface area (Å²) in [4.78, 5) is 30.7. The molecule has 0 fully saturated rings. The van der Waals surface area contributed by atoms with Gasteiger partial charge in [0.2, 0.25) is 5.76 Å². The van der Waals surface area contributed by atoms with Crippen molar-refractivity contribution >= 4 is 16.9 Å². The maximum absolute atomic E-state index is 13.5. The first-order valence-corrected chi connectivity index (χ1v) is 10.5. The fraction of sp³-hybridized carbons (Fsp3) is 0.360. The van der Waals surface area contributed by atoms with E-state index in [0.717, 1.165) is 30.5 Å². The van der Waals surface area contributed by atoms with E-state index in [9.17, 15) is 9.59 Å². The van der Waals surface area contributed by atoms with E-state index >= 15 is 0 Å². The van der Waals surface area contributed by atoms with Gasteiger partial charge in [-0.25, -0.2) is 0 Å². The Bertz CT molecular complexity index is 1150. The second-order valence-electron chi connectivity index (χ2n) is 8.33. The normalized spacial score (nSPS) is 16.0. The number of benzene rings is 2. The molecule has 2 heterocycles. The average molecular weight is 405 g/mol. The predicted molar refractivity (Wildman–Crippen MR) is 119 cm³/mol. The van der Waals surface area contributed by atoms with Crippen LogP contribution in [-0.4, -0.2) is 42.9 Å². The molecule has 0 bridgehead atoms. The zero-order valence-electron chi connectivity index (χ0n) is 18.1. The Morgan fingerprint density at radius 2 is 1.80 bits per heavy atom. The lowest BCUT2D eigenvalue weighted by Gasteiger charge is -2.26. The summed E-state index contributed by atoms with van der Waals surface area (Å²) in [6.45, 7) is 5.49. The summed E-state index contributed by atoms with van der Waals surface area (Å²) < 4.78 is 6.01. The van der Waals surface area contributed by atoms with Crippen molar-refractivity contribution in [3.63, 3.8) is 0 Å². The monoisotopic (exact) mass is 404 g/mol. The molecule has 5 nitrogen and oxygen atoms in total. The number of amides is 1. The summed E-state index contributed by atoms with van der Waals surface area (Å²) in [6, 6.07) is 13.3. The van der Waals surface area contributed by atoms with Crippen LogP contribution in [0.4, 0.5) is 0 Å². The summed E-state index contributed by atoms with van der Waals surface area (Å²) in [7, 11) is 4.03. The molecule has 1 aromatic heterocycles. The Morgan fingerprint density at radius 3 is 2.47 bits per heavy atom. The molecular weight excluding hydrogens is 376 g/mol. The predicted octanol–water partition coefficient (Wildman–Crippen LogP) is 4.16. The molecule has 1 aliphatic heterocycles. The molecule has 156 valence electrons. The Hall–Kier alpha value is -2.92. The number of carbonyl (C=O) groups is 1. The van der Waals surface area contributed by atoms with Crippen molar-refractivity contribution in [1.82, 2.24) is 9.80 Å². The molecule has 1 amide bonds. The molecule has 3 aromatic rings. The van der Waals surface area contributed by atoms with Crippen LogP contribution in [0.1, 0.15) is 52.2 Å². The van der Waals surface area contributed by atoms with Crippen LogP contribution in [0.3, 0.4) is 0 Å². The third-order valence-corrected chi connectivity index (χ3v) is 5.83. The van der Waals surface area contributed by atoms with Crippen molar-refractivity contribution in [3.8, 4) is 0 Å². The van der Waals surface area contributed by atoms with Crippen molar-refractivity contribution in [2.24, 2.45) is 0 Å². The smallest absolute Gasteiger partial charge is 0.290 e. The van der Waals surface area contributed by atoms with E-state index < -0.39 is 6.04 Å². The minimum atomic E-state index is -0.415. The Morgan fingerprint density at radius 1 is 1.07 bits per heavy atom. The third-order valence-electron chi connectivity index (χ3n) is 5.83. The van der Waals surface area contributed by atoms with E-state index in [1.165, 1.54) is 5.56 Å². The maximum Gasteiger partial charge on any atom is 0.290 e. The zero-order valence-corrected chi connectivity index (χ0v) is 18.1. The van der Waals surface area contributed by atoms with E-state index in [1.807, 2.05) is 45.3 Å². The van der Waals surface area contributed by atoms with E-state index in [-0.39, 0.29) is 17.1 Å². The van der Waals surface area contributed by atoms with Gasteiger partial charge in [0.05, 0.1) is 17.0 Å². The van der Waals surface area contributed by atoms with Crippen LogP contribution in [0.25, 0.3) is 11.0 Å². The highest BCUT2D eigenvalue weighted by atomic mass is 16.3. The van der Waals surface area contributed by atoms with Gasteiger partial charge in [-0.2, -0.15) is 0 Å². The molecule has 2 aromatic carbocycles. The SMILES string of the molecule is CCc1ccc([C@H]2c3c(oc4ccc(C)cc4c3=O)C(=O)N2CCCN(C)C)cc1. The quantitative estimate of drug-likeness (QED) is 0.619. The number of hydrogen-bond acceptors (Lipinski definition) is 4. The molecule has 4 rings (SSSR count). The van der Waals surface area contributed by atoms with Gasteiger partial charge in [-0.15, -0.1) is 0 Å². The van der Waals surface area contributed by atoms with E-state index in [4.69, 9.17) is 4.42 Å². The molecule has 1 aliphatic rings. The summed E-state index contributed by atoms with van der Waals surface area (Å²) in [5, 5.41) is 0.534. The number of aryl methyl sites for hydroxylation is 2. The van der Waals surface area contributed by atoms with Crippen LogP contribution in [0.5, 0.6) is 0 Å². The molecule has 0 unspecified atom stereocenters. The summed E-state index contributed by atoms with van der Waals surface area (Å²) >= 11 is 0. The van der Waals surface area contributed by atoms with Crippen LogP contribution in [0.2, 0.25) is 0 Å².